The van der Waals surface area contributed by atoms with Crippen molar-refractivity contribution in [3.63, 3.8) is 0 Å². The van der Waals surface area contributed by atoms with Gasteiger partial charge in [0.1, 0.15) is 12.1 Å². The molecule has 1 aliphatic rings. The van der Waals surface area contributed by atoms with E-state index in [-0.39, 0.29) is 32.6 Å². The van der Waals surface area contributed by atoms with Crippen LogP contribution in [0.15, 0.2) is 24.3 Å². The molecular weight excluding hydrogens is 426 g/mol. The van der Waals surface area contributed by atoms with Gasteiger partial charge in [-0.15, -0.1) is 0 Å². The quantitative estimate of drug-likeness (QED) is 0.0828. The van der Waals surface area contributed by atoms with Crippen LogP contribution in [-0.2, 0) is 33.6 Å². The summed E-state index contributed by atoms with van der Waals surface area (Å²) in [5.41, 5.74) is 15.6. The van der Waals surface area contributed by atoms with Gasteiger partial charge in [0.05, 0.1) is 0 Å². The zero-order valence-corrected chi connectivity index (χ0v) is 17.4. The highest BCUT2D eigenvalue weighted by atomic mass is 16.2. The molecule has 7 amide bonds. The lowest BCUT2D eigenvalue weighted by atomic mass is 10.2. The van der Waals surface area contributed by atoms with Gasteiger partial charge in [-0.2, -0.15) is 0 Å². The van der Waals surface area contributed by atoms with E-state index in [1.54, 1.807) is 6.92 Å². The normalized spacial score (nSPS) is 14.3. The first kappa shape index (κ1) is 28.1. The van der Waals surface area contributed by atoms with Gasteiger partial charge in [0.15, 0.2) is 0 Å². The SMILES string of the molecule is C/C=C\C(=O)N(C=O)C(CN)C(=O)NCCNC=O.NCC(C(N)=O)N1C(=O)C=CC1=O. The summed E-state index contributed by atoms with van der Waals surface area (Å²) < 4.78 is 0. The first-order valence-corrected chi connectivity index (χ1v) is 9.29. The van der Waals surface area contributed by atoms with Crippen LogP contribution in [-0.4, -0.2) is 90.4 Å². The zero-order chi connectivity index (χ0) is 24.7. The van der Waals surface area contributed by atoms with Crippen LogP contribution in [0.2, 0.25) is 0 Å². The van der Waals surface area contributed by atoms with Crippen LogP contribution in [0.4, 0.5) is 0 Å². The van der Waals surface area contributed by atoms with Gasteiger partial charge in [-0.05, 0) is 13.0 Å². The first-order valence-electron chi connectivity index (χ1n) is 9.29. The predicted octanol–water partition coefficient (Wildman–Crippen LogP) is -4.54. The van der Waals surface area contributed by atoms with E-state index in [4.69, 9.17) is 17.2 Å². The molecule has 0 aromatic carbocycles. The van der Waals surface area contributed by atoms with Gasteiger partial charge >= 0.3 is 0 Å². The van der Waals surface area contributed by atoms with Crippen LogP contribution in [0, 0.1) is 0 Å². The van der Waals surface area contributed by atoms with Gasteiger partial charge < -0.3 is 27.8 Å². The summed E-state index contributed by atoms with van der Waals surface area (Å²) in [7, 11) is 0. The number of primary amides is 1. The van der Waals surface area contributed by atoms with E-state index >= 15 is 0 Å². The van der Waals surface area contributed by atoms with Gasteiger partial charge in [0, 0.05) is 38.3 Å². The third-order valence-electron chi connectivity index (χ3n) is 3.90. The van der Waals surface area contributed by atoms with Crippen LogP contribution in [0.1, 0.15) is 6.92 Å². The lowest BCUT2D eigenvalue weighted by Gasteiger charge is -2.23. The zero-order valence-electron chi connectivity index (χ0n) is 17.4. The van der Waals surface area contributed by atoms with Crippen LogP contribution >= 0.6 is 0 Å². The van der Waals surface area contributed by atoms with E-state index in [0.29, 0.717) is 6.41 Å². The van der Waals surface area contributed by atoms with Gasteiger partial charge in [-0.3, -0.25) is 43.4 Å². The molecule has 0 saturated heterocycles. The summed E-state index contributed by atoms with van der Waals surface area (Å²) in [5, 5.41) is 4.82. The summed E-state index contributed by atoms with van der Waals surface area (Å²) in [5.74, 6) is -3.07. The fourth-order valence-electron chi connectivity index (χ4n) is 2.36. The Labute approximate surface area is 183 Å². The summed E-state index contributed by atoms with van der Waals surface area (Å²) in [6.07, 6.45) is 5.54. The predicted molar refractivity (Wildman–Crippen MR) is 111 cm³/mol. The standard InChI is InChI=1S/C11H18N4O4.C7H9N3O3/c1-2-3-10(18)15(8-17)9(6-12)11(19)14-5-4-13-7-16;8-3-4(7(9)13)10-5(11)1-2-6(10)12/h2-3,7-9H,4-6,12H2,1H3,(H,13,16)(H,14,19);1-2,4H,3,8H2,(H2,9,13)/b3-2-;. The summed E-state index contributed by atoms with van der Waals surface area (Å²) in [4.78, 5) is 78.6. The first-order chi connectivity index (χ1) is 15.2. The molecule has 0 aromatic rings. The van der Waals surface area contributed by atoms with Crippen molar-refractivity contribution < 1.29 is 33.6 Å². The van der Waals surface area contributed by atoms with Gasteiger partial charge in [-0.1, -0.05) is 6.08 Å². The molecule has 1 heterocycles. The Morgan fingerprint density at radius 2 is 1.69 bits per heavy atom. The lowest BCUT2D eigenvalue weighted by Crippen LogP contribution is -2.53. The maximum Gasteiger partial charge on any atom is 0.254 e. The number of allylic oxidation sites excluding steroid dienone is 1. The Morgan fingerprint density at radius 1 is 1.09 bits per heavy atom. The Balaban J connectivity index is 0.000000641. The maximum atomic E-state index is 11.8. The fourth-order valence-corrected chi connectivity index (χ4v) is 2.36. The van der Waals surface area contributed by atoms with Gasteiger partial charge in [0.2, 0.25) is 24.6 Å². The number of imide groups is 2. The fraction of sp³-hybridized carbons (Fsp3) is 0.389. The lowest BCUT2D eigenvalue weighted by molar-refractivity contribution is -0.144. The smallest absolute Gasteiger partial charge is 0.254 e. The third-order valence-corrected chi connectivity index (χ3v) is 3.90. The minimum atomic E-state index is -1.07. The summed E-state index contributed by atoms with van der Waals surface area (Å²) in [6.45, 7) is 1.70. The van der Waals surface area contributed by atoms with Crippen molar-refractivity contribution in [2.75, 3.05) is 26.2 Å². The summed E-state index contributed by atoms with van der Waals surface area (Å²) >= 11 is 0. The average molecular weight is 453 g/mol. The molecule has 14 nitrogen and oxygen atoms in total. The Kier molecular flexibility index (Phi) is 13.1. The molecule has 1 rings (SSSR count). The summed E-state index contributed by atoms with van der Waals surface area (Å²) in [6, 6.07) is -2.12. The number of nitrogens with two attached hydrogens (primary N) is 3. The van der Waals surface area contributed by atoms with E-state index in [0.717, 1.165) is 28.0 Å². The Morgan fingerprint density at radius 3 is 2.09 bits per heavy atom. The molecule has 0 aromatic heterocycles. The molecule has 14 heteroatoms. The van der Waals surface area contributed by atoms with Crippen molar-refractivity contribution in [2.24, 2.45) is 17.2 Å². The number of amides is 7. The van der Waals surface area contributed by atoms with E-state index < -0.39 is 41.6 Å². The van der Waals surface area contributed by atoms with Crippen LogP contribution in [0.25, 0.3) is 0 Å². The van der Waals surface area contributed by atoms with E-state index in [9.17, 15) is 33.6 Å². The van der Waals surface area contributed by atoms with Crippen LogP contribution in [0.5, 0.6) is 0 Å². The number of nitrogens with one attached hydrogen (secondary N) is 2. The second kappa shape index (κ2) is 15.0. The van der Waals surface area contributed by atoms with Crippen LogP contribution < -0.4 is 27.8 Å². The molecule has 176 valence electrons. The topological polar surface area (TPSA) is 228 Å². The molecule has 0 saturated carbocycles. The molecule has 2 atom stereocenters. The monoisotopic (exact) mass is 453 g/mol. The highest BCUT2D eigenvalue weighted by Crippen LogP contribution is 2.07. The highest BCUT2D eigenvalue weighted by molar-refractivity contribution is 6.15. The van der Waals surface area contributed by atoms with Gasteiger partial charge in [-0.25, -0.2) is 0 Å². The van der Waals surface area contributed by atoms with Crippen molar-refractivity contribution in [1.29, 1.82) is 0 Å². The van der Waals surface area contributed by atoms with Crippen molar-refractivity contribution >= 4 is 42.4 Å². The van der Waals surface area contributed by atoms with Crippen LogP contribution in [0.3, 0.4) is 0 Å². The molecule has 1 aliphatic heterocycles. The average Bonchev–Trinajstić information content (AvgIpc) is 3.08. The largest absolute Gasteiger partial charge is 0.368 e. The molecular formula is C18H27N7O7. The van der Waals surface area contributed by atoms with Crippen molar-refractivity contribution in [1.82, 2.24) is 20.4 Å². The molecule has 0 spiro atoms. The molecule has 0 aliphatic carbocycles. The minimum absolute atomic E-state index is 0.158. The molecule has 2 unspecified atom stereocenters. The van der Waals surface area contributed by atoms with Crippen molar-refractivity contribution in [3.05, 3.63) is 24.3 Å². The second-order valence-electron chi connectivity index (χ2n) is 6.00. The molecule has 0 bridgehead atoms. The van der Waals surface area contributed by atoms with E-state index in [1.165, 1.54) is 6.08 Å². The third kappa shape index (κ3) is 8.45. The molecule has 8 N–H and O–H groups in total. The number of nitrogens with zero attached hydrogens (tertiary/aromatic N) is 2. The number of carbonyl (C=O) groups is 7. The molecule has 0 fully saturated rings. The van der Waals surface area contributed by atoms with Gasteiger partial charge in [0.25, 0.3) is 17.7 Å². The number of hydrogen-bond acceptors (Lipinski definition) is 9. The molecule has 0 radical (unpaired) electrons. The highest BCUT2D eigenvalue weighted by Gasteiger charge is 2.33. The maximum absolute atomic E-state index is 11.8. The van der Waals surface area contributed by atoms with Crippen molar-refractivity contribution in [2.45, 2.75) is 19.0 Å². The number of hydrogen-bond donors (Lipinski definition) is 5. The Bertz CT molecular complexity index is 764. The Hall–Kier alpha value is -3.91. The second-order valence-corrected chi connectivity index (χ2v) is 6.00. The van der Waals surface area contributed by atoms with E-state index in [1.807, 2.05) is 0 Å². The van der Waals surface area contributed by atoms with E-state index in [2.05, 4.69) is 10.6 Å². The number of rotatable bonds is 12. The number of carbonyl (C=O) groups excluding carboxylic acids is 7. The minimum Gasteiger partial charge on any atom is -0.368 e. The molecule has 32 heavy (non-hydrogen) atoms. The van der Waals surface area contributed by atoms with Crippen molar-refractivity contribution in [3.8, 4) is 0 Å².